The van der Waals surface area contributed by atoms with Gasteiger partial charge in [0.05, 0.1) is 0 Å². The van der Waals surface area contributed by atoms with Crippen LogP contribution in [-0.4, -0.2) is 35.7 Å². The van der Waals surface area contributed by atoms with Crippen LogP contribution < -0.4 is 0 Å². The van der Waals surface area contributed by atoms with Crippen LogP contribution in [0.2, 0.25) is 0 Å². The van der Waals surface area contributed by atoms with Crippen molar-refractivity contribution in [3.63, 3.8) is 0 Å². The van der Waals surface area contributed by atoms with Crippen LogP contribution in [0.15, 0.2) is 0 Å². The quantitative estimate of drug-likeness (QED) is 0.435. The van der Waals surface area contributed by atoms with Crippen LogP contribution in [-0.2, 0) is 0 Å². The van der Waals surface area contributed by atoms with Crippen LogP contribution in [0, 0.1) is 5.92 Å². The first-order valence-electron chi connectivity index (χ1n) is 10.2. The van der Waals surface area contributed by atoms with Gasteiger partial charge in [-0.05, 0) is 31.7 Å². The molecule has 1 saturated heterocycles. The van der Waals surface area contributed by atoms with Crippen LogP contribution in [0.3, 0.4) is 0 Å². The van der Waals surface area contributed by atoms with Crippen molar-refractivity contribution in [2.24, 2.45) is 5.92 Å². The van der Waals surface area contributed by atoms with Gasteiger partial charge in [0.15, 0.2) is 0 Å². The van der Waals surface area contributed by atoms with Gasteiger partial charge in [0.2, 0.25) is 0 Å². The van der Waals surface area contributed by atoms with Gasteiger partial charge in [-0.15, -0.1) is 0 Å². The van der Waals surface area contributed by atoms with Crippen molar-refractivity contribution in [3.8, 4) is 0 Å². The molecule has 0 spiro atoms. The highest BCUT2D eigenvalue weighted by Crippen LogP contribution is 2.24. The van der Waals surface area contributed by atoms with Gasteiger partial charge in [0.25, 0.3) is 0 Å². The van der Waals surface area contributed by atoms with Crippen LogP contribution in [0.4, 0.5) is 0 Å². The molecule has 2 heteroatoms. The molecule has 132 valence electrons. The lowest BCUT2D eigenvalue weighted by Gasteiger charge is -2.28. The maximum absolute atomic E-state index is 9.39. The lowest BCUT2D eigenvalue weighted by molar-refractivity contribution is 0.181. The molecule has 0 radical (unpaired) electrons. The predicted molar refractivity (Wildman–Crippen MR) is 97.3 cm³/mol. The van der Waals surface area contributed by atoms with Crippen LogP contribution >= 0.6 is 0 Å². The summed E-state index contributed by atoms with van der Waals surface area (Å²) in [5.41, 5.74) is 0. The molecule has 1 atom stereocenters. The smallest absolute Gasteiger partial charge is 0.0471 e. The number of aliphatic hydroxyl groups excluding tert-OH is 1. The van der Waals surface area contributed by atoms with E-state index < -0.39 is 0 Å². The van der Waals surface area contributed by atoms with E-state index in [1.54, 1.807) is 0 Å². The topological polar surface area (TPSA) is 23.5 Å². The third-order valence-corrected chi connectivity index (χ3v) is 5.37. The van der Waals surface area contributed by atoms with Crippen LogP contribution in [0.5, 0.6) is 0 Å². The molecule has 0 aliphatic carbocycles. The Morgan fingerprint density at radius 2 is 1.41 bits per heavy atom. The molecule has 0 unspecified atom stereocenters. The summed E-state index contributed by atoms with van der Waals surface area (Å²) in [4.78, 5) is 2.69. The molecule has 1 fully saturated rings. The Bertz CT molecular complexity index is 230. The number of nitrogens with zero attached hydrogens (tertiary/aromatic N) is 1. The number of rotatable bonds is 14. The first-order chi connectivity index (χ1) is 10.8. The minimum atomic E-state index is 0.385. The molecule has 2 nitrogen and oxygen atoms in total. The monoisotopic (exact) mass is 311 g/mol. The molecule has 1 N–H and O–H groups in total. The summed E-state index contributed by atoms with van der Waals surface area (Å²) in [6, 6.07) is 0.791. The molecular weight excluding hydrogens is 270 g/mol. The Labute approximate surface area is 139 Å². The van der Waals surface area contributed by atoms with Gasteiger partial charge in [-0.2, -0.15) is 0 Å². The Morgan fingerprint density at radius 3 is 1.86 bits per heavy atom. The van der Waals surface area contributed by atoms with Gasteiger partial charge in [-0.1, -0.05) is 78.1 Å². The molecule has 0 amide bonds. The van der Waals surface area contributed by atoms with Crippen molar-refractivity contribution in [1.82, 2.24) is 4.90 Å². The Kier molecular flexibility index (Phi) is 12.1. The van der Waals surface area contributed by atoms with Gasteiger partial charge >= 0.3 is 0 Å². The zero-order valence-corrected chi connectivity index (χ0v) is 15.4. The molecule has 22 heavy (non-hydrogen) atoms. The summed E-state index contributed by atoms with van der Waals surface area (Å²) in [7, 11) is 0. The van der Waals surface area contributed by atoms with Crippen molar-refractivity contribution in [2.75, 3.05) is 19.7 Å². The van der Waals surface area contributed by atoms with E-state index >= 15 is 0 Å². The molecule has 1 aliphatic heterocycles. The molecule has 1 rings (SSSR count). The Hall–Kier alpha value is -0.0800. The second-order valence-electron chi connectivity index (χ2n) is 7.39. The van der Waals surface area contributed by atoms with Gasteiger partial charge in [-0.3, -0.25) is 0 Å². The van der Waals surface area contributed by atoms with Gasteiger partial charge in [0.1, 0.15) is 0 Å². The lowest BCUT2D eigenvalue weighted by Crippen LogP contribution is -2.33. The minimum absolute atomic E-state index is 0.385. The zero-order chi connectivity index (χ0) is 16.0. The van der Waals surface area contributed by atoms with Crippen LogP contribution in [0.25, 0.3) is 0 Å². The summed E-state index contributed by atoms with van der Waals surface area (Å²) in [6.07, 6.45) is 17.9. The molecule has 0 aromatic rings. The number of aliphatic hydroxyl groups is 1. The maximum Gasteiger partial charge on any atom is 0.0471 e. The fourth-order valence-electron chi connectivity index (χ4n) is 3.82. The Morgan fingerprint density at radius 1 is 0.864 bits per heavy atom. The fourth-order valence-corrected chi connectivity index (χ4v) is 3.82. The van der Waals surface area contributed by atoms with E-state index in [0.717, 1.165) is 12.6 Å². The summed E-state index contributed by atoms with van der Waals surface area (Å²) in [5.74, 6) is 0.544. The van der Waals surface area contributed by atoms with Crippen molar-refractivity contribution in [2.45, 2.75) is 103 Å². The molecule has 0 aromatic carbocycles. The summed E-state index contributed by atoms with van der Waals surface area (Å²) < 4.78 is 0. The molecule has 1 heterocycles. The average Bonchev–Trinajstić information content (AvgIpc) is 3.01. The summed E-state index contributed by atoms with van der Waals surface area (Å²) in [5, 5.41) is 9.39. The highest BCUT2D eigenvalue weighted by Gasteiger charge is 2.27. The highest BCUT2D eigenvalue weighted by atomic mass is 16.3. The number of unbranched alkanes of at least 4 members (excludes halogenated alkanes) is 8. The molecule has 1 aliphatic rings. The van der Waals surface area contributed by atoms with E-state index in [1.165, 1.54) is 90.0 Å². The number of likely N-dealkylation sites (tertiary alicyclic amines) is 1. The minimum Gasteiger partial charge on any atom is -0.396 e. The van der Waals surface area contributed by atoms with E-state index in [9.17, 15) is 5.11 Å². The zero-order valence-electron chi connectivity index (χ0n) is 15.4. The standard InChI is InChI=1S/C20H41NO/c1-3-5-7-9-11-13-20(14-12-10-8-6-4-2)21-16-15-19(17-21)18-22/h19-20,22H,3-18H2,1-2H3/t19-/m0/s1. The summed E-state index contributed by atoms with van der Waals surface area (Å²) >= 11 is 0. The second-order valence-corrected chi connectivity index (χ2v) is 7.39. The molecule has 0 aromatic heterocycles. The first kappa shape index (κ1) is 20.0. The predicted octanol–water partition coefficient (Wildman–Crippen LogP) is 5.39. The van der Waals surface area contributed by atoms with Crippen molar-refractivity contribution >= 4 is 0 Å². The van der Waals surface area contributed by atoms with Gasteiger partial charge < -0.3 is 10.0 Å². The highest BCUT2D eigenvalue weighted by molar-refractivity contribution is 4.81. The van der Waals surface area contributed by atoms with Crippen molar-refractivity contribution < 1.29 is 5.11 Å². The number of hydrogen-bond donors (Lipinski definition) is 1. The van der Waals surface area contributed by atoms with E-state index in [-0.39, 0.29) is 0 Å². The third-order valence-electron chi connectivity index (χ3n) is 5.37. The normalized spacial score (nSPS) is 19.4. The average molecular weight is 312 g/mol. The van der Waals surface area contributed by atoms with E-state index in [4.69, 9.17) is 0 Å². The summed E-state index contributed by atoms with van der Waals surface area (Å²) in [6.45, 7) is 7.33. The van der Waals surface area contributed by atoms with Gasteiger partial charge in [0, 0.05) is 19.2 Å². The third kappa shape index (κ3) is 8.53. The van der Waals surface area contributed by atoms with Crippen molar-refractivity contribution in [1.29, 1.82) is 0 Å². The SMILES string of the molecule is CCCCCCCC(CCCCCCC)N1CC[C@H](CO)C1. The molecule has 0 saturated carbocycles. The maximum atomic E-state index is 9.39. The second kappa shape index (κ2) is 13.4. The largest absolute Gasteiger partial charge is 0.396 e. The van der Waals surface area contributed by atoms with E-state index in [1.807, 2.05) is 0 Å². The van der Waals surface area contributed by atoms with Crippen LogP contribution in [0.1, 0.15) is 97.3 Å². The van der Waals surface area contributed by atoms with E-state index in [2.05, 4.69) is 18.7 Å². The van der Waals surface area contributed by atoms with Crippen molar-refractivity contribution in [3.05, 3.63) is 0 Å². The van der Waals surface area contributed by atoms with Gasteiger partial charge in [-0.25, -0.2) is 0 Å². The molecule has 0 bridgehead atoms. The Balaban J connectivity index is 2.26. The van der Waals surface area contributed by atoms with E-state index in [0.29, 0.717) is 12.5 Å². The first-order valence-corrected chi connectivity index (χ1v) is 10.2. The number of hydrogen-bond acceptors (Lipinski definition) is 2. The fraction of sp³-hybridized carbons (Fsp3) is 1.00. The lowest BCUT2D eigenvalue weighted by atomic mass is 9.99. The molecular formula is C20H41NO.